The Balaban J connectivity index is 1.84. The quantitative estimate of drug-likeness (QED) is 0.738. The van der Waals surface area contributed by atoms with Crippen molar-refractivity contribution < 1.29 is 14.3 Å². The van der Waals surface area contributed by atoms with Crippen LogP contribution in [0.25, 0.3) is 0 Å². The van der Waals surface area contributed by atoms with E-state index >= 15 is 0 Å². The van der Waals surface area contributed by atoms with Crippen LogP contribution in [0.2, 0.25) is 0 Å². The van der Waals surface area contributed by atoms with E-state index in [2.05, 4.69) is 10.4 Å². The Kier molecular flexibility index (Phi) is 5.22. The van der Waals surface area contributed by atoms with Gasteiger partial charge in [0.2, 0.25) is 0 Å². The zero-order valence-corrected chi connectivity index (χ0v) is 15.0. The van der Waals surface area contributed by atoms with Gasteiger partial charge in [0.05, 0.1) is 32.0 Å². The summed E-state index contributed by atoms with van der Waals surface area (Å²) in [6.45, 7) is 2.47. The lowest BCUT2D eigenvalue weighted by atomic mass is 10.1. The Morgan fingerprint density at radius 2 is 1.85 bits per heavy atom. The first-order valence-corrected chi connectivity index (χ1v) is 8.22. The van der Waals surface area contributed by atoms with Crippen molar-refractivity contribution in [2.75, 3.05) is 19.5 Å². The van der Waals surface area contributed by atoms with Crippen LogP contribution in [-0.2, 0) is 6.54 Å². The molecule has 0 saturated heterocycles. The number of hydrogen-bond acceptors (Lipinski definition) is 4. The minimum Gasteiger partial charge on any atom is -0.497 e. The third-order valence-electron chi connectivity index (χ3n) is 3.97. The molecule has 0 atom stereocenters. The summed E-state index contributed by atoms with van der Waals surface area (Å²) >= 11 is 0. The summed E-state index contributed by atoms with van der Waals surface area (Å²) in [5, 5.41) is 7.39. The molecule has 134 valence electrons. The zero-order valence-electron chi connectivity index (χ0n) is 15.0. The van der Waals surface area contributed by atoms with Crippen LogP contribution >= 0.6 is 0 Å². The number of anilines is 1. The molecule has 0 aliphatic heterocycles. The van der Waals surface area contributed by atoms with E-state index in [4.69, 9.17) is 9.47 Å². The van der Waals surface area contributed by atoms with Crippen LogP contribution in [0, 0.1) is 6.92 Å². The predicted molar refractivity (Wildman–Crippen MR) is 100 cm³/mol. The molecule has 3 aromatic rings. The third kappa shape index (κ3) is 3.85. The fourth-order valence-electron chi connectivity index (χ4n) is 2.69. The second kappa shape index (κ2) is 7.74. The fraction of sp³-hybridized carbons (Fsp3) is 0.200. The monoisotopic (exact) mass is 351 g/mol. The molecule has 6 heteroatoms. The highest BCUT2D eigenvalue weighted by Crippen LogP contribution is 2.25. The summed E-state index contributed by atoms with van der Waals surface area (Å²) in [4.78, 5) is 12.7. The molecule has 0 unspecified atom stereocenters. The lowest BCUT2D eigenvalue weighted by Crippen LogP contribution is -2.17. The lowest BCUT2D eigenvalue weighted by molar-refractivity contribution is 0.102. The molecular weight excluding hydrogens is 330 g/mol. The molecule has 0 fully saturated rings. The number of rotatable bonds is 6. The van der Waals surface area contributed by atoms with Gasteiger partial charge < -0.3 is 14.8 Å². The highest BCUT2D eigenvalue weighted by atomic mass is 16.5. The van der Waals surface area contributed by atoms with Crippen LogP contribution in [0.15, 0.2) is 54.6 Å². The van der Waals surface area contributed by atoms with Gasteiger partial charge in [-0.1, -0.05) is 30.3 Å². The number of hydrogen-bond donors (Lipinski definition) is 1. The van der Waals surface area contributed by atoms with Crippen molar-refractivity contribution >= 4 is 11.7 Å². The molecule has 0 spiro atoms. The van der Waals surface area contributed by atoms with Crippen molar-refractivity contribution in [3.8, 4) is 11.5 Å². The number of aromatic nitrogens is 2. The number of methoxy groups -OCH3 is 2. The molecule has 1 heterocycles. The van der Waals surface area contributed by atoms with Crippen LogP contribution in [0.5, 0.6) is 11.5 Å². The van der Waals surface area contributed by atoms with Crippen LogP contribution in [0.3, 0.4) is 0 Å². The van der Waals surface area contributed by atoms with Crippen molar-refractivity contribution in [1.82, 2.24) is 9.78 Å². The fourth-order valence-corrected chi connectivity index (χ4v) is 2.69. The number of nitrogens with one attached hydrogen (secondary N) is 1. The molecule has 2 aromatic carbocycles. The first-order chi connectivity index (χ1) is 12.6. The Bertz CT molecular complexity index is 904. The number of carbonyl (C=O) groups excluding carboxylic acids is 1. The second-order valence-electron chi connectivity index (χ2n) is 5.83. The summed E-state index contributed by atoms with van der Waals surface area (Å²) in [5.74, 6) is 1.45. The van der Waals surface area contributed by atoms with Crippen molar-refractivity contribution in [2.45, 2.75) is 13.5 Å². The van der Waals surface area contributed by atoms with E-state index in [9.17, 15) is 4.79 Å². The Morgan fingerprint density at radius 3 is 2.54 bits per heavy atom. The first kappa shape index (κ1) is 17.5. The molecule has 26 heavy (non-hydrogen) atoms. The highest BCUT2D eigenvalue weighted by Gasteiger charge is 2.16. The maximum atomic E-state index is 12.7. The molecule has 1 aromatic heterocycles. The van der Waals surface area contributed by atoms with Crippen molar-refractivity contribution in [2.24, 2.45) is 0 Å². The molecular formula is C20H21N3O3. The molecule has 6 nitrogen and oxygen atoms in total. The average Bonchev–Trinajstić information content (AvgIpc) is 3.00. The number of carbonyl (C=O) groups is 1. The predicted octanol–water partition coefficient (Wildman–Crippen LogP) is 3.51. The molecule has 0 bridgehead atoms. The smallest absolute Gasteiger partial charge is 0.260 e. The van der Waals surface area contributed by atoms with Crippen molar-refractivity contribution in [1.29, 1.82) is 0 Å². The normalized spacial score (nSPS) is 10.4. The Morgan fingerprint density at radius 1 is 1.08 bits per heavy atom. The van der Waals surface area contributed by atoms with Gasteiger partial charge in [-0.15, -0.1) is 0 Å². The van der Waals surface area contributed by atoms with Gasteiger partial charge in [0.1, 0.15) is 17.3 Å². The maximum absolute atomic E-state index is 12.7. The van der Waals surface area contributed by atoms with Gasteiger partial charge in [-0.3, -0.25) is 4.79 Å². The molecule has 0 radical (unpaired) electrons. The van der Waals surface area contributed by atoms with Gasteiger partial charge in [-0.05, 0) is 24.6 Å². The molecule has 0 aliphatic carbocycles. The molecule has 0 saturated carbocycles. The SMILES string of the molecule is COc1ccc(C(=O)Nc2cc(C)nn2Cc2ccccc2)c(OC)c1. The van der Waals surface area contributed by atoms with E-state index in [1.165, 1.54) is 7.11 Å². The first-order valence-electron chi connectivity index (χ1n) is 8.22. The van der Waals surface area contributed by atoms with Crippen molar-refractivity contribution in [3.63, 3.8) is 0 Å². The van der Waals surface area contributed by atoms with Gasteiger partial charge in [-0.2, -0.15) is 5.10 Å². The number of ether oxygens (including phenoxy) is 2. The molecule has 1 amide bonds. The van der Waals surface area contributed by atoms with Gasteiger partial charge in [0.25, 0.3) is 5.91 Å². The standard InChI is InChI=1S/C20H21N3O3/c1-14-11-19(23(22-14)13-15-7-5-4-6-8-15)21-20(24)17-10-9-16(25-2)12-18(17)26-3/h4-12H,13H2,1-3H3,(H,21,24). The van der Waals surface area contributed by atoms with E-state index in [1.807, 2.05) is 43.3 Å². The van der Waals surface area contributed by atoms with Crippen LogP contribution in [-0.4, -0.2) is 29.9 Å². The van der Waals surface area contributed by atoms with Gasteiger partial charge in [0.15, 0.2) is 0 Å². The summed E-state index contributed by atoms with van der Waals surface area (Å²) < 4.78 is 12.3. The second-order valence-corrected chi connectivity index (χ2v) is 5.83. The van der Waals surface area contributed by atoms with E-state index in [0.717, 1.165) is 11.3 Å². The zero-order chi connectivity index (χ0) is 18.5. The largest absolute Gasteiger partial charge is 0.497 e. The minimum absolute atomic E-state index is 0.265. The van der Waals surface area contributed by atoms with Crippen LogP contribution in [0.4, 0.5) is 5.82 Å². The number of nitrogens with zero attached hydrogens (tertiary/aromatic N) is 2. The summed E-state index contributed by atoms with van der Waals surface area (Å²) in [6, 6.07) is 16.9. The molecule has 1 N–H and O–H groups in total. The van der Waals surface area contributed by atoms with E-state index < -0.39 is 0 Å². The number of benzene rings is 2. The number of amides is 1. The van der Waals surface area contributed by atoms with Gasteiger partial charge in [-0.25, -0.2) is 4.68 Å². The van der Waals surface area contributed by atoms with Gasteiger partial charge >= 0.3 is 0 Å². The third-order valence-corrected chi connectivity index (χ3v) is 3.97. The van der Waals surface area contributed by atoms with Crippen LogP contribution in [0.1, 0.15) is 21.6 Å². The van der Waals surface area contributed by atoms with Crippen LogP contribution < -0.4 is 14.8 Å². The van der Waals surface area contributed by atoms with E-state index in [0.29, 0.717) is 29.4 Å². The summed E-state index contributed by atoms with van der Waals surface area (Å²) in [6.07, 6.45) is 0. The van der Waals surface area contributed by atoms with E-state index in [-0.39, 0.29) is 5.91 Å². The van der Waals surface area contributed by atoms with Gasteiger partial charge in [0, 0.05) is 12.1 Å². The molecule has 3 rings (SSSR count). The maximum Gasteiger partial charge on any atom is 0.260 e. The average molecular weight is 351 g/mol. The lowest BCUT2D eigenvalue weighted by Gasteiger charge is -2.12. The summed E-state index contributed by atoms with van der Waals surface area (Å²) in [7, 11) is 3.09. The topological polar surface area (TPSA) is 65.4 Å². The number of aryl methyl sites for hydroxylation is 1. The van der Waals surface area contributed by atoms with E-state index in [1.54, 1.807) is 30.0 Å². The molecule has 0 aliphatic rings. The Hall–Kier alpha value is -3.28. The minimum atomic E-state index is -0.265. The summed E-state index contributed by atoms with van der Waals surface area (Å²) in [5.41, 5.74) is 2.37. The highest BCUT2D eigenvalue weighted by molar-refractivity contribution is 6.06. The Labute approximate surface area is 152 Å². The van der Waals surface area contributed by atoms with Crippen molar-refractivity contribution in [3.05, 3.63) is 71.4 Å².